The van der Waals surface area contributed by atoms with Gasteiger partial charge in [0.05, 0.1) is 0 Å². The molecule has 0 N–H and O–H groups in total. The molecule has 1 spiro atoms. The molecule has 3 fully saturated rings. The molecule has 1 aromatic rings. The van der Waals surface area contributed by atoms with E-state index in [1.807, 2.05) is 13.0 Å². The first kappa shape index (κ1) is 23.7. The lowest BCUT2D eigenvalue weighted by Crippen LogP contribution is -2.42. The van der Waals surface area contributed by atoms with Crippen molar-refractivity contribution in [3.63, 3.8) is 0 Å². The number of piperidine rings is 1. The van der Waals surface area contributed by atoms with Crippen LogP contribution in [0, 0.1) is 5.92 Å². The van der Waals surface area contributed by atoms with Crippen molar-refractivity contribution in [2.24, 2.45) is 5.92 Å². The largest absolute Gasteiger partial charge is 0.492 e. The second-order valence-electron chi connectivity index (χ2n) is 9.94. The molecule has 0 bridgehead atoms. The fourth-order valence-corrected chi connectivity index (χ4v) is 5.63. The van der Waals surface area contributed by atoms with Crippen molar-refractivity contribution < 1.29 is 19.2 Å². The van der Waals surface area contributed by atoms with Gasteiger partial charge in [-0.2, -0.15) is 9.78 Å². The van der Waals surface area contributed by atoms with Gasteiger partial charge in [-0.05, 0) is 82.2 Å². The molecule has 2 aliphatic heterocycles. The van der Waals surface area contributed by atoms with Gasteiger partial charge in [-0.1, -0.05) is 31.6 Å². The van der Waals surface area contributed by atoms with Crippen molar-refractivity contribution in [3.05, 3.63) is 42.5 Å². The van der Waals surface area contributed by atoms with E-state index in [9.17, 15) is 0 Å². The van der Waals surface area contributed by atoms with E-state index in [0.29, 0.717) is 5.92 Å². The topological polar surface area (TPSA) is 40.2 Å². The molecule has 0 radical (unpaired) electrons. The van der Waals surface area contributed by atoms with Crippen molar-refractivity contribution in [3.8, 4) is 5.75 Å². The van der Waals surface area contributed by atoms with E-state index in [-0.39, 0.29) is 5.92 Å². The number of hydrogen-bond acceptors (Lipinski definition) is 5. The Morgan fingerprint density at radius 2 is 1.94 bits per heavy atom. The fraction of sp³-hybridized carbons (Fsp3) is 0.704. The van der Waals surface area contributed by atoms with E-state index >= 15 is 0 Å². The van der Waals surface area contributed by atoms with Crippen molar-refractivity contribution in [1.29, 1.82) is 0 Å². The molecule has 2 unspecified atom stereocenters. The number of allylic oxidation sites excluding steroid dienone is 1. The predicted molar refractivity (Wildman–Crippen MR) is 126 cm³/mol. The van der Waals surface area contributed by atoms with Crippen LogP contribution in [0.5, 0.6) is 5.75 Å². The number of nitrogens with zero attached hydrogens (tertiary/aromatic N) is 1. The molecule has 0 amide bonds. The Bertz CT molecular complexity index is 732. The average molecular weight is 444 g/mol. The molecular weight excluding hydrogens is 402 g/mol. The maximum absolute atomic E-state index is 6.55. The summed E-state index contributed by atoms with van der Waals surface area (Å²) in [4.78, 5) is 14.3. The third kappa shape index (κ3) is 5.56. The summed E-state index contributed by atoms with van der Waals surface area (Å²) in [6, 6.07) is 8.64. The minimum absolute atomic E-state index is 0.237. The van der Waals surface area contributed by atoms with Crippen LogP contribution in [0.15, 0.2) is 36.9 Å². The van der Waals surface area contributed by atoms with Gasteiger partial charge in [0.15, 0.2) is 0 Å². The minimum Gasteiger partial charge on any atom is -0.492 e. The molecule has 4 rings (SSSR count). The predicted octanol–water partition coefficient (Wildman–Crippen LogP) is 6.20. The lowest BCUT2D eigenvalue weighted by atomic mass is 9.80. The Labute approximate surface area is 194 Å². The first-order chi connectivity index (χ1) is 15.6. The summed E-state index contributed by atoms with van der Waals surface area (Å²) in [6.45, 7) is 12.3. The van der Waals surface area contributed by atoms with E-state index in [2.05, 4.69) is 42.7 Å². The van der Waals surface area contributed by atoms with Gasteiger partial charge >= 0.3 is 0 Å². The highest BCUT2D eigenvalue weighted by Crippen LogP contribution is 2.50. The molecule has 1 saturated carbocycles. The fourth-order valence-electron chi connectivity index (χ4n) is 5.63. The summed E-state index contributed by atoms with van der Waals surface area (Å²) in [6.07, 6.45) is 11.7. The van der Waals surface area contributed by atoms with Crippen LogP contribution in [0.1, 0.15) is 83.1 Å². The van der Waals surface area contributed by atoms with Gasteiger partial charge < -0.3 is 9.47 Å². The zero-order chi connectivity index (χ0) is 22.4. The molecule has 1 aliphatic carbocycles. The maximum atomic E-state index is 6.55. The Kier molecular flexibility index (Phi) is 7.93. The highest BCUT2D eigenvalue weighted by molar-refractivity contribution is 5.30. The van der Waals surface area contributed by atoms with E-state index in [0.717, 1.165) is 57.4 Å². The van der Waals surface area contributed by atoms with Crippen LogP contribution >= 0.6 is 0 Å². The normalized spacial score (nSPS) is 32.1. The standard InChI is InChI=1S/C27H41NO4/c1-4-10-24(5-2)26(3)30-27(32-31-26)16-9-11-23(21-27)22-12-14-25(15-13-22)29-20-19-28-17-7-6-8-18-28/h4,12-15,23-24H,1,5-11,16-21H2,2-3H3/t23?,24?,26-,27-/m1/s1. The monoisotopic (exact) mass is 443 g/mol. The Morgan fingerprint density at radius 1 is 1.16 bits per heavy atom. The zero-order valence-electron chi connectivity index (χ0n) is 20.0. The highest BCUT2D eigenvalue weighted by Gasteiger charge is 2.54. The molecule has 0 aromatic heterocycles. The van der Waals surface area contributed by atoms with Gasteiger partial charge in [0.1, 0.15) is 12.4 Å². The number of rotatable bonds is 9. The number of hydrogen-bond donors (Lipinski definition) is 0. The summed E-state index contributed by atoms with van der Waals surface area (Å²) in [5, 5.41) is 0. The van der Waals surface area contributed by atoms with Gasteiger partial charge in [0.2, 0.25) is 11.6 Å². The van der Waals surface area contributed by atoms with Crippen LogP contribution in [0.4, 0.5) is 0 Å². The molecule has 32 heavy (non-hydrogen) atoms. The van der Waals surface area contributed by atoms with Crippen LogP contribution in [-0.2, 0) is 14.5 Å². The lowest BCUT2D eigenvalue weighted by Gasteiger charge is -2.37. The molecule has 2 saturated heterocycles. The third-order valence-electron chi connectivity index (χ3n) is 7.58. The molecule has 4 atom stereocenters. The molecule has 178 valence electrons. The van der Waals surface area contributed by atoms with Crippen molar-refractivity contribution in [1.82, 2.24) is 4.90 Å². The number of ether oxygens (including phenoxy) is 2. The molecule has 5 nitrogen and oxygen atoms in total. The van der Waals surface area contributed by atoms with Crippen LogP contribution < -0.4 is 4.74 Å². The van der Waals surface area contributed by atoms with E-state index in [1.165, 1.54) is 37.9 Å². The molecule has 2 heterocycles. The zero-order valence-corrected chi connectivity index (χ0v) is 20.0. The van der Waals surface area contributed by atoms with Crippen LogP contribution in [0.25, 0.3) is 0 Å². The van der Waals surface area contributed by atoms with E-state index in [4.69, 9.17) is 19.2 Å². The minimum atomic E-state index is -0.711. The first-order valence-electron chi connectivity index (χ1n) is 12.7. The number of benzene rings is 1. The van der Waals surface area contributed by atoms with Gasteiger partial charge in [0, 0.05) is 25.3 Å². The maximum Gasteiger partial charge on any atom is 0.205 e. The van der Waals surface area contributed by atoms with Gasteiger partial charge in [0.25, 0.3) is 0 Å². The van der Waals surface area contributed by atoms with Gasteiger partial charge in [-0.15, -0.1) is 6.58 Å². The highest BCUT2D eigenvalue weighted by atomic mass is 17.3. The smallest absolute Gasteiger partial charge is 0.205 e. The summed E-state index contributed by atoms with van der Waals surface area (Å²) < 4.78 is 12.6. The molecule has 5 heteroatoms. The molecule has 3 aliphatic rings. The third-order valence-corrected chi connectivity index (χ3v) is 7.58. The van der Waals surface area contributed by atoms with E-state index < -0.39 is 11.6 Å². The summed E-state index contributed by atoms with van der Waals surface area (Å²) >= 11 is 0. The van der Waals surface area contributed by atoms with Crippen molar-refractivity contribution in [2.75, 3.05) is 26.2 Å². The Hall–Kier alpha value is -1.40. The van der Waals surface area contributed by atoms with Crippen LogP contribution in [0.2, 0.25) is 0 Å². The Balaban J connectivity index is 1.32. The lowest BCUT2D eigenvalue weighted by molar-refractivity contribution is -0.359. The van der Waals surface area contributed by atoms with Crippen LogP contribution in [-0.4, -0.2) is 42.7 Å². The first-order valence-corrected chi connectivity index (χ1v) is 12.7. The summed E-state index contributed by atoms with van der Waals surface area (Å²) in [5.74, 6) is 0.237. The summed E-state index contributed by atoms with van der Waals surface area (Å²) in [7, 11) is 0. The average Bonchev–Trinajstić information content (AvgIpc) is 3.15. The van der Waals surface area contributed by atoms with Gasteiger partial charge in [-0.25, -0.2) is 0 Å². The van der Waals surface area contributed by atoms with Crippen LogP contribution in [0.3, 0.4) is 0 Å². The second-order valence-corrected chi connectivity index (χ2v) is 9.94. The molecule has 1 aromatic carbocycles. The quantitative estimate of drug-likeness (QED) is 0.336. The summed E-state index contributed by atoms with van der Waals surface area (Å²) in [5.41, 5.74) is 1.33. The number of likely N-dealkylation sites (tertiary alicyclic amines) is 1. The van der Waals surface area contributed by atoms with Gasteiger partial charge in [-0.3, -0.25) is 4.90 Å². The van der Waals surface area contributed by atoms with E-state index in [1.54, 1.807) is 0 Å². The SMILES string of the molecule is C=CCC(CC)[C@@]1(C)OO[C@@]2(CCCC(c3ccc(OCCN4CCCCC4)cc3)C2)O1. The van der Waals surface area contributed by atoms with Crippen molar-refractivity contribution >= 4 is 0 Å². The second kappa shape index (κ2) is 10.7. The van der Waals surface area contributed by atoms with Crippen molar-refractivity contribution in [2.45, 2.75) is 89.1 Å². The Morgan fingerprint density at radius 3 is 2.66 bits per heavy atom. The molecular formula is C27H41NO4.